The van der Waals surface area contributed by atoms with Crippen molar-refractivity contribution in [3.63, 3.8) is 0 Å². The lowest BCUT2D eigenvalue weighted by Gasteiger charge is -2.26. The standard InChI is InChI=1S/C23H28N6O3S/c1-31-13-12-29-22(19-6-8-24-9-7-19)26-27-23(29)33-17-21(30)25-20-4-2-18(3-5-20)16-28-10-14-32-15-11-28/h2-9H,10-17H2,1H3,(H,25,30). The maximum absolute atomic E-state index is 12.5. The van der Waals surface area contributed by atoms with Crippen LogP contribution >= 0.6 is 11.8 Å². The number of morpholine rings is 1. The van der Waals surface area contributed by atoms with E-state index in [2.05, 4.69) is 37.5 Å². The van der Waals surface area contributed by atoms with Crippen molar-refractivity contribution in [1.82, 2.24) is 24.6 Å². The van der Waals surface area contributed by atoms with Crippen LogP contribution in [0.1, 0.15) is 5.56 Å². The van der Waals surface area contributed by atoms with Gasteiger partial charge in [-0.1, -0.05) is 23.9 Å². The first-order valence-electron chi connectivity index (χ1n) is 10.9. The molecule has 1 aliphatic rings. The molecular formula is C23H28N6O3S. The number of thioether (sulfide) groups is 1. The van der Waals surface area contributed by atoms with Crippen molar-refractivity contribution in [3.8, 4) is 11.4 Å². The second-order valence-electron chi connectivity index (χ2n) is 7.61. The molecule has 0 bridgehead atoms. The maximum Gasteiger partial charge on any atom is 0.234 e. The quantitative estimate of drug-likeness (QED) is 0.454. The molecular weight excluding hydrogens is 440 g/mol. The van der Waals surface area contributed by atoms with Gasteiger partial charge in [-0.25, -0.2) is 0 Å². The Morgan fingerprint density at radius 2 is 1.88 bits per heavy atom. The normalized spacial score (nSPS) is 14.3. The molecule has 1 aromatic carbocycles. The lowest BCUT2D eigenvalue weighted by atomic mass is 10.2. The van der Waals surface area contributed by atoms with Crippen molar-refractivity contribution in [2.24, 2.45) is 0 Å². The van der Waals surface area contributed by atoms with Crippen LogP contribution in [-0.2, 0) is 27.4 Å². The summed E-state index contributed by atoms with van der Waals surface area (Å²) in [6.07, 6.45) is 3.44. The Labute approximate surface area is 197 Å². The number of ether oxygens (including phenoxy) is 2. The molecule has 0 aliphatic carbocycles. The summed E-state index contributed by atoms with van der Waals surface area (Å²) in [5.74, 6) is 0.873. The fourth-order valence-corrected chi connectivity index (χ4v) is 4.30. The van der Waals surface area contributed by atoms with Crippen molar-refractivity contribution < 1.29 is 14.3 Å². The Morgan fingerprint density at radius 1 is 1.12 bits per heavy atom. The van der Waals surface area contributed by atoms with E-state index in [1.807, 2.05) is 28.8 Å². The van der Waals surface area contributed by atoms with Crippen molar-refractivity contribution >= 4 is 23.4 Å². The molecule has 0 saturated carbocycles. The molecule has 1 saturated heterocycles. The summed E-state index contributed by atoms with van der Waals surface area (Å²) in [6, 6.07) is 11.8. The molecule has 0 unspecified atom stereocenters. The van der Waals surface area contributed by atoms with Crippen LogP contribution < -0.4 is 5.32 Å². The predicted octanol–water partition coefficient (Wildman–Crippen LogP) is 2.55. The van der Waals surface area contributed by atoms with Gasteiger partial charge in [-0.2, -0.15) is 0 Å². The summed E-state index contributed by atoms with van der Waals surface area (Å²) in [4.78, 5) is 19.0. The highest BCUT2D eigenvalue weighted by atomic mass is 32.2. The van der Waals surface area contributed by atoms with Crippen LogP contribution in [0.5, 0.6) is 0 Å². The van der Waals surface area contributed by atoms with Gasteiger partial charge in [0.1, 0.15) is 0 Å². The number of pyridine rings is 1. The van der Waals surface area contributed by atoms with Gasteiger partial charge in [-0.05, 0) is 29.8 Å². The molecule has 3 aromatic rings. The van der Waals surface area contributed by atoms with Crippen molar-refractivity contribution in [1.29, 1.82) is 0 Å². The fraction of sp³-hybridized carbons (Fsp3) is 0.391. The molecule has 174 valence electrons. The van der Waals surface area contributed by atoms with Gasteiger partial charge in [0.15, 0.2) is 11.0 Å². The first-order valence-corrected chi connectivity index (χ1v) is 11.9. The fourth-order valence-electron chi connectivity index (χ4n) is 3.53. The van der Waals surface area contributed by atoms with E-state index in [0.29, 0.717) is 18.3 Å². The molecule has 3 heterocycles. The van der Waals surface area contributed by atoms with Crippen molar-refractivity contribution in [2.45, 2.75) is 18.2 Å². The average molecular weight is 469 g/mol. The van der Waals surface area contributed by atoms with Gasteiger partial charge in [-0.15, -0.1) is 10.2 Å². The number of hydrogen-bond donors (Lipinski definition) is 1. The topological polar surface area (TPSA) is 94.4 Å². The Hall–Kier alpha value is -2.79. The molecule has 1 amide bonds. The number of nitrogens with one attached hydrogen (secondary N) is 1. The van der Waals surface area contributed by atoms with Gasteiger partial charge in [0.05, 0.1) is 32.1 Å². The number of nitrogens with zero attached hydrogens (tertiary/aromatic N) is 5. The lowest BCUT2D eigenvalue weighted by molar-refractivity contribution is -0.113. The highest BCUT2D eigenvalue weighted by Crippen LogP contribution is 2.24. The van der Waals surface area contributed by atoms with E-state index in [4.69, 9.17) is 9.47 Å². The molecule has 1 fully saturated rings. The third-order valence-electron chi connectivity index (χ3n) is 5.25. The Morgan fingerprint density at radius 3 is 2.61 bits per heavy atom. The third-order valence-corrected chi connectivity index (χ3v) is 6.22. The summed E-state index contributed by atoms with van der Waals surface area (Å²) in [7, 11) is 1.66. The first-order chi connectivity index (χ1) is 16.2. The molecule has 9 nitrogen and oxygen atoms in total. The van der Waals surface area contributed by atoms with Crippen LogP contribution in [0, 0.1) is 0 Å². The Balaban J connectivity index is 1.33. The van der Waals surface area contributed by atoms with Crippen LogP contribution in [0.2, 0.25) is 0 Å². The maximum atomic E-state index is 12.5. The van der Waals surface area contributed by atoms with Crippen molar-refractivity contribution in [3.05, 3.63) is 54.4 Å². The zero-order valence-corrected chi connectivity index (χ0v) is 19.5. The van der Waals surface area contributed by atoms with Crippen LogP contribution in [0.25, 0.3) is 11.4 Å². The average Bonchev–Trinajstić information content (AvgIpc) is 3.26. The number of amides is 1. The van der Waals surface area contributed by atoms with Gasteiger partial charge in [-0.3, -0.25) is 19.2 Å². The van der Waals surface area contributed by atoms with Gasteiger partial charge in [0.2, 0.25) is 5.91 Å². The summed E-state index contributed by atoms with van der Waals surface area (Å²) < 4.78 is 12.6. The van der Waals surface area contributed by atoms with E-state index in [1.54, 1.807) is 19.5 Å². The molecule has 4 rings (SSSR count). The highest BCUT2D eigenvalue weighted by molar-refractivity contribution is 7.99. The third kappa shape index (κ3) is 6.61. The molecule has 2 aromatic heterocycles. The number of rotatable bonds is 10. The molecule has 0 atom stereocenters. The minimum Gasteiger partial charge on any atom is -0.383 e. The van der Waals surface area contributed by atoms with E-state index >= 15 is 0 Å². The van der Waals surface area contributed by atoms with Crippen molar-refractivity contribution in [2.75, 3.05) is 51.1 Å². The minimum atomic E-state index is -0.0901. The first kappa shape index (κ1) is 23.4. The predicted molar refractivity (Wildman–Crippen MR) is 127 cm³/mol. The van der Waals surface area contributed by atoms with E-state index in [1.165, 1.54) is 17.3 Å². The SMILES string of the molecule is COCCn1c(SCC(=O)Nc2ccc(CN3CCOCC3)cc2)nnc1-c1ccncc1. The Bertz CT molecular complexity index is 1020. The minimum absolute atomic E-state index is 0.0901. The van der Waals surface area contributed by atoms with E-state index in [0.717, 1.165) is 49.9 Å². The number of hydrogen-bond acceptors (Lipinski definition) is 8. The van der Waals surface area contributed by atoms with E-state index < -0.39 is 0 Å². The monoisotopic (exact) mass is 468 g/mol. The van der Waals surface area contributed by atoms with Gasteiger partial charge in [0, 0.05) is 50.4 Å². The van der Waals surface area contributed by atoms with Gasteiger partial charge >= 0.3 is 0 Å². The van der Waals surface area contributed by atoms with E-state index in [-0.39, 0.29) is 11.7 Å². The van der Waals surface area contributed by atoms with Gasteiger partial charge in [0.25, 0.3) is 0 Å². The number of anilines is 1. The second-order valence-corrected chi connectivity index (χ2v) is 8.55. The molecule has 0 radical (unpaired) electrons. The number of benzene rings is 1. The number of methoxy groups -OCH3 is 1. The van der Waals surface area contributed by atoms with Gasteiger partial charge < -0.3 is 14.8 Å². The van der Waals surface area contributed by atoms with Crippen LogP contribution in [0.3, 0.4) is 0 Å². The number of aromatic nitrogens is 4. The number of carbonyl (C=O) groups is 1. The largest absolute Gasteiger partial charge is 0.383 e. The molecule has 33 heavy (non-hydrogen) atoms. The van der Waals surface area contributed by atoms with E-state index in [9.17, 15) is 4.79 Å². The molecule has 10 heteroatoms. The molecule has 1 aliphatic heterocycles. The van der Waals surface area contributed by atoms with Crippen LogP contribution in [0.15, 0.2) is 53.9 Å². The zero-order chi connectivity index (χ0) is 22.9. The molecule has 0 spiro atoms. The smallest absolute Gasteiger partial charge is 0.234 e. The zero-order valence-electron chi connectivity index (χ0n) is 18.6. The summed E-state index contributed by atoms with van der Waals surface area (Å²) in [5.41, 5.74) is 2.92. The Kier molecular flexibility index (Phi) is 8.42. The summed E-state index contributed by atoms with van der Waals surface area (Å²) >= 11 is 1.35. The highest BCUT2D eigenvalue weighted by Gasteiger charge is 2.16. The summed E-state index contributed by atoms with van der Waals surface area (Å²) in [6.45, 7) is 5.48. The molecule has 1 N–H and O–H groups in total. The van der Waals surface area contributed by atoms with Crippen LogP contribution in [0.4, 0.5) is 5.69 Å². The van der Waals surface area contributed by atoms with Crippen LogP contribution in [-0.4, -0.2) is 76.3 Å². The summed E-state index contributed by atoms with van der Waals surface area (Å²) in [5, 5.41) is 12.3. The lowest BCUT2D eigenvalue weighted by Crippen LogP contribution is -2.35. The second kappa shape index (κ2) is 11.9. The number of carbonyl (C=O) groups excluding carboxylic acids is 1.